The van der Waals surface area contributed by atoms with E-state index in [2.05, 4.69) is 4.74 Å². The summed E-state index contributed by atoms with van der Waals surface area (Å²) in [6.07, 6.45) is 0.194. The van der Waals surface area contributed by atoms with Crippen molar-refractivity contribution < 1.29 is 9.53 Å². The second-order valence-corrected chi connectivity index (χ2v) is 11.0. The summed E-state index contributed by atoms with van der Waals surface area (Å²) >= 11 is 16.5. The Morgan fingerprint density at radius 2 is 2.00 bits per heavy atom. The van der Waals surface area contributed by atoms with Crippen molar-refractivity contribution in [3.8, 4) is 0 Å². The Bertz CT molecular complexity index is 122. The zero-order valence-electron chi connectivity index (χ0n) is 5.36. The van der Waals surface area contributed by atoms with E-state index in [1.54, 1.807) is 0 Å². The highest BCUT2D eigenvalue weighted by atomic mass is 35.8. The van der Waals surface area contributed by atoms with Gasteiger partial charge in [0.25, 0.3) is 0 Å². The molecule has 0 saturated heterocycles. The van der Waals surface area contributed by atoms with Crippen molar-refractivity contribution in [2.75, 3.05) is 7.11 Å². The summed E-state index contributed by atoms with van der Waals surface area (Å²) in [4.78, 5) is 10.5. The lowest BCUT2D eigenvalue weighted by Crippen LogP contribution is -2.12. The highest BCUT2D eigenvalue weighted by Crippen LogP contribution is 2.26. The van der Waals surface area contributed by atoms with Crippen LogP contribution in [0.5, 0.6) is 0 Å². The largest absolute Gasteiger partial charge is 0.469 e. The molecule has 0 aliphatic carbocycles. The first-order valence-corrected chi connectivity index (χ1v) is 7.83. The standard InChI is InChI=1S/C4H7Cl3O2Si/c1-9-4(8)2-3-10(5,6)7/h2-3H2,1H3. The van der Waals surface area contributed by atoms with Crippen molar-refractivity contribution in [3.05, 3.63) is 0 Å². The van der Waals surface area contributed by atoms with E-state index in [4.69, 9.17) is 33.2 Å². The van der Waals surface area contributed by atoms with Crippen molar-refractivity contribution in [1.82, 2.24) is 0 Å². The molecule has 10 heavy (non-hydrogen) atoms. The van der Waals surface area contributed by atoms with Gasteiger partial charge in [-0.1, -0.05) is 0 Å². The summed E-state index contributed by atoms with van der Waals surface area (Å²) in [5.41, 5.74) is 0. The molecule has 6 heteroatoms. The van der Waals surface area contributed by atoms with E-state index in [0.717, 1.165) is 0 Å². The fourth-order valence-electron chi connectivity index (χ4n) is 0.346. The fourth-order valence-corrected chi connectivity index (χ4v) is 1.68. The average molecular weight is 222 g/mol. The van der Waals surface area contributed by atoms with E-state index in [1.807, 2.05) is 0 Å². The minimum atomic E-state index is -2.62. The zero-order chi connectivity index (χ0) is 8.20. The fraction of sp³-hybridized carbons (Fsp3) is 0.750. The Balaban J connectivity index is 3.46. The number of hydrogen-bond acceptors (Lipinski definition) is 2. The molecular formula is C4H7Cl3O2Si. The predicted octanol–water partition coefficient (Wildman–Crippen LogP) is 2.20. The first kappa shape index (κ1) is 10.6. The quantitative estimate of drug-likeness (QED) is 0.415. The molecule has 0 aromatic carbocycles. The molecule has 60 valence electrons. The number of hydrogen-bond donors (Lipinski definition) is 0. The van der Waals surface area contributed by atoms with Crippen LogP contribution in [0.25, 0.3) is 0 Å². The van der Waals surface area contributed by atoms with Crippen molar-refractivity contribution in [2.24, 2.45) is 0 Å². The van der Waals surface area contributed by atoms with Crippen LogP contribution in [0.3, 0.4) is 0 Å². The molecule has 0 aliphatic heterocycles. The Morgan fingerprint density at radius 1 is 1.50 bits per heavy atom. The van der Waals surface area contributed by atoms with Gasteiger partial charge in [0.2, 0.25) is 0 Å². The highest BCUT2D eigenvalue weighted by Gasteiger charge is 2.25. The number of ether oxygens (including phenoxy) is 1. The molecule has 0 atom stereocenters. The Kier molecular flexibility index (Phi) is 4.69. The first-order chi connectivity index (χ1) is 4.45. The molecular weight excluding hydrogens is 214 g/mol. The van der Waals surface area contributed by atoms with Crippen LogP contribution < -0.4 is 0 Å². The topological polar surface area (TPSA) is 26.3 Å². The van der Waals surface area contributed by atoms with Gasteiger partial charge in [0.15, 0.2) is 0 Å². The van der Waals surface area contributed by atoms with Gasteiger partial charge in [0.1, 0.15) is 0 Å². The smallest absolute Gasteiger partial charge is 0.341 e. The first-order valence-electron chi connectivity index (χ1n) is 2.59. The molecule has 0 spiro atoms. The maximum absolute atomic E-state index is 10.5. The molecule has 0 aromatic heterocycles. The zero-order valence-corrected chi connectivity index (χ0v) is 8.63. The van der Waals surface area contributed by atoms with E-state index in [9.17, 15) is 4.79 Å². The van der Waals surface area contributed by atoms with E-state index < -0.39 is 6.00 Å². The lowest BCUT2D eigenvalue weighted by Gasteiger charge is -2.04. The van der Waals surface area contributed by atoms with Crippen LogP contribution in [0.2, 0.25) is 6.04 Å². The van der Waals surface area contributed by atoms with Gasteiger partial charge >= 0.3 is 12.0 Å². The number of esters is 1. The molecule has 0 saturated carbocycles. The van der Waals surface area contributed by atoms with Crippen LogP contribution in [0.15, 0.2) is 0 Å². The van der Waals surface area contributed by atoms with Crippen molar-refractivity contribution in [2.45, 2.75) is 12.5 Å². The molecule has 0 aliphatic rings. The molecule has 0 radical (unpaired) electrons. The van der Waals surface area contributed by atoms with Gasteiger partial charge in [0, 0.05) is 6.42 Å². The van der Waals surface area contributed by atoms with Gasteiger partial charge < -0.3 is 4.74 Å². The Labute approximate surface area is 74.5 Å². The highest BCUT2D eigenvalue weighted by molar-refractivity contribution is 7.64. The van der Waals surface area contributed by atoms with Crippen LogP contribution in [0, 0.1) is 0 Å². The maximum atomic E-state index is 10.5. The number of methoxy groups -OCH3 is 1. The molecule has 2 nitrogen and oxygen atoms in total. The SMILES string of the molecule is COC(=O)CC[Si](Cl)(Cl)Cl. The second-order valence-electron chi connectivity index (χ2n) is 1.69. The van der Waals surface area contributed by atoms with E-state index in [1.165, 1.54) is 7.11 Å². The van der Waals surface area contributed by atoms with Gasteiger partial charge in [-0.25, -0.2) is 0 Å². The predicted molar refractivity (Wildman–Crippen MR) is 44.8 cm³/mol. The van der Waals surface area contributed by atoms with Gasteiger partial charge in [-0.2, -0.15) is 0 Å². The Morgan fingerprint density at radius 3 is 2.30 bits per heavy atom. The average Bonchev–Trinajstić information content (AvgIpc) is 1.81. The van der Waals surface area contributed by atoms with Crippen molar-refractivity contribution in [3.63, 3.8) is 0 Å². The number of rotatable bonds is 3. The molecule has 0 unspecified atom stereocenters. The van der Waals surface area contributed by atoms with Crippen molar-refractivity contribution in [1.29, 1.82) is 0 Å². The maximum Gasteiger partial charge on any atom is 0.341 e. The van der Waals surface area contributed by atoms with Gasteiger partial charge in [0.05, 0.1) is 7.11 Å². The van der Waals surface area contributed by atoms with E-state index in [0.29, 0.717) is 6.04 Å². The van der Waals surface area contributed by atoms with E-state index >= 15 is 0 Å². The molecule has 0 N–H and O–H groups in total. The minimum Gasteiger partial charge on any atom is -0.469 e. The summed E-state index contributed by atoms with van der Waals surface area (Å²) in [6.45, 7) is 0. The van der Waals surface area contributed by atoms with Crippen LogP contribution in [-0.4, -0.2) is 19.1 Å². The molecule has 0 bridgehead atoms. The summed E-state index contributed by atoms with van der Waals surface area (Å²) in [5.74, 6) is -0.334. The van der Waals surface area contributed by atoms with Gasteiger partial charge in [-0.15, -0.1) is 33.2 Å². The summed E-state index contributed by atoms with van der Waals surface area (Å²) < 4.78 is 4.35. The van der Waals surface area contributed by atoms with Crippen molar-refractivity contribution >= 4 is 45.2 Å². The second kappa shape index (κ2) is 4.44. The summed E-state index contributed by atoms with van der Waals surface area (Å²) in [5, 5.41) is 0. The third kappa shape index (κ3) is 6.67. The van der Waals surface area contributed by atoms with Gasteiger partial charge in [-0.05, 0) is 6.04 Å². The van der Waals surface area contributed by atoms with Crippen LogP contribution in [0.1, 0.15) is 6.42 Å². The minimum absolute atomic E-state index is 0.194. The number of carbonyl (C=O) groups is 1. The summed E-state index contributed by atoms with van der Waals surface area (Å²) in [6, 6.07) is -2.30. The number of halogens is 3. The lowest BCUT2D eigenvalue weighted by molar-refractivity contribution is -0.140. The third-order valence-electron chi connectivity index (χ3n) is 0.840. The van der Waals surface area contributed by atoms with Gasteiger partial charge in [-0.3, -0.25) is 4.79 Å². The monoisotopic (exact) mass is 220 g/mol. The number of carbonyl (C=O) groups excluding carboxylic acids is 1. The van der Waals surface area contributed by atoms with Crippen LogP contribution in [-0.2, 0) is 9.53 Å². The molecule has 0 amide bonds. The molecule has 0 aromatic rings. The molecule has 0 heterocycles. The molecule has 0 fully saturated rings. The van der Waals surface area contributed by atoms with Crippen LogP contribution in [0.4, 0.5) is 0 Å². The molecule has 0 rings (SSSR count). The van der Waals surface area contributed by atoms with E-state index in [-0.39, 0.29) is 12.4 Å². The van der Waals surface area contributed by atoms with Crippen LogP contribution >= 0.6 is 33.2 Å². The third-order valence-corrected chi connectivity index (χ3v) is 3.36. The Hall–Kier alpha value is 0.557. The summed E-state index contributed by atoms with van der Waals surface area (Å²) in [7, 11) is 1.31. The lowest BCUT2D eigenvalue weighted by atomic mass is 10.5. The normalized spacial score (nSPS) is 11.2.